The molecule has 26 heavy (non-hydrogen) atoms. The summed E-state index contributed by atoms with van der Waals surface area (Å²) in [7, 11) is 1.67. The molecule has 138 valence electrons. The number of carbonyl (C=O) groups excluding carboxylic acids is 2. The number of benzene rings is 1. The zero-order chi connectivity index (χ0) is 18.6. The third kappa shape index (κ3) is 3.45. The van der Waals surface area contributed by atoms with Gasteiger partial charge in [0.05, 0.1) is 22.6 Å². The predicted molar refractivity (Wildman–Crippen MR) is 96.4 cm³/mol. The second-order valence-electron chi connectivity index (χ2n) is 7.16. The zero-order valence-electron chi connectivity index (χ0n) is 15.2. The lowest BCUT2D eigenvalue weighted by Crippen LogP contribution is -2.50. The fourth-order valence-electron chi connectivity index (χ4n) is 4.13. The Balaban J connectivity index is 1.71. The second kappa shape index (κ2) is 7.88. The molecule has 0 saturated carbocycles. The number of carbonyl (C=O) groups is 2. The van der Waals surface area contributed by atoms with E-state index in [2.05, 4.69) is 6.07 Å². The summed E-state index contributed by atoms with van der Waals surface area (Å²) in [5.41, 5.74) is 0.352. The van der Waals surface area contributed by atoms with Crippen LogP contribution in [0.3, 0.4) is 0 Å². The van der Waals surface area contributed by atoms with Crippen LogP contribution in [-0.2, 0) is 9.53 Å². The normalized spacial score (nSPS) is 22.7. The van der Waals surface area contributed by atoms with Gasteiger partial charge in [0.15, 0.2) is 0 Å². The first-order chi connectivity index (χ1) is 12.6. The highest BCUT2D eigenvalue weighted by molar-refractivity contribution is 5.97. The quantitative estimate of drug-likeness (QED) is 0.758. The Morgan fingerprint density at radius 1 is 1.31 bits per heavy atom. The third-order valence-electron chi connectivity index (χ3n) is 5.52. The molecule has 0 bridgehead atoms. The first-order valence-electron chi connectivity index (χ1n) is 9.18. The molecule has 2 aliphatic rings. The van der Waals surface area contributed by atoms with Crippen molar-refractivity contribution in [2.45, 2.75) is 25.7 Å². The van der Waals surface area contributed by atoms with Crippen LogP contribution < -0.4 is 0 Å². The first kappa shape index (κ1) is 18.4. The van der Waals surface area contributed by atoms with Crippen LogP contribution in [0, 0.1) is 16.7 Å². The Kier molecular flexibility index (Phi) is 5.58. The summed E-state index contributed by atoms with van der Waals surface area (Å²) >= 11 is 0. The summed E-state index contributed by atoms with van der Waals surface area (Å²) in [5.74, 6) is 0.0204. The van der Waals surface area contributed by atoms with Crippen molar-refractivity contribution in [3.8, 4) is 6.07 Å². The highest BCUT2D eigenvalue weighted by atomic mass is 16.5. The van der Waals surface area contributed by atoms with Crippen LogP contribution >= 0.6 is 0 Å². The minimum Gasteiger partial charge on any atom is -0.385 e. The van der Waals surface area contributed by atoms with Crippen molar-refractivity contribution in [1.82, 2.24) is 9.80 Å². The van der Waals surface area contributed by atoms with Gasteiger partial charge in [0, 0.05) is 39.9 Å². The number of ether oxygens (including phenoxy) is 1. The molecule has 2 amide bonds. The van der Waals surface area contributed by atoms with Gasteiger partial charge in [0.25, 0.3) is 5.91 Å². The lowest BCUT2D eigenvalue weighted by Gasteiger charge is -2.39. The molecule has 3 rings (SSSR count). The van der Waals surface area contributed by atoms with Crippen LogP contribution in [0.4, 0.5) is 0 Å². The van der Waals surface area contributed by atoms with Gasteiger partial charge in [0.2, 0.25) is 5.91 Å². The average Bonchev–Trinajstić information content (AvgIpc) is 3.10. The lowest BCUT2D eigenvalue weighted by molar-refractivity contribution is -0.145. The largest absolute Gasteiger partial charge is 0.385 e. The minimum absolute atomic E-state index is 0.150. The molecule has 0 aliphatic carbocycles. The Bertz CT molecular complexity index is 727. The summed E-state index contributed by atoms with van der Waals surface area (Å²) in [6, 6.07) is 8.94. The lowest BCUT2D eigenvalue weighted by atomic mass is 9.78. The maximum absolute atomic E-state index is 13.1. The highest BCUT2D eigenvalue weighted by Gasteiger charge is 2.49. The van der Waals surface area contributed by atoms with Crippen molar-refractivity contribution >= 4 is 11.8 Å². The highest BCUT2D eigenvalue weighted by Crippen LogP contribution is 2.40. The van der Waals surface area contributed by atoms with Crippen molar-refractivity contribution in [2.75, 3.05) is 39.9 Å². The molecule has 2 heterocycles. The van der Waals surface area contributed by atoms with Gasteiger partial charge in [-0.3, -0.25) is 9.59 Å². The first-order valence-corrected chi connectivity index (χ1v) is 9.18. The van der Waals surface area contributed by atoms with E-state index in [-0.39, 0.29) is 11.8 Å². The van der Waals surface area contributed by atoms with E-state index in [4.69, 9.17) is 4.74 Å². The summed E-state index contributed by atoms with van der Waals surface area (Å²) in [4.78, 5) is 29.6. The van der Waals surface area contributed by atoms with Gasteiger partial charge in [0.1, 0.15) is 0 Å². The van der Waals surface area contributed by atoms with Gasteiger partial charge >= 0.3 is 0 Å². The van der Waals surface area contributed by atoms with Gasteiger partial charge in [-0.15, -0.1) is 0 Å². The zero-order valence-corrected chi connectivity index (χ0v) is 15.2. The number of hydrogen-bond acceptors (Lipinski definition) is 4. The van der Waals surface area contributed by atoms with E-state index in [0.717, 1.165) is 25.8 Å². The van der Waals surface area contributed by atoms with Crippen molar-refractivity contribution in [1.29, 1.82) is 5.26 Å². The maximum Gasteiger partial charge on any atom is 0.255 e. The molecule has 0 N–H and O–H groups in total. The Hall–Kier alpha value is -2.39. The number of hydrogen-bond donors (Lipinski definition) is 0. The minimum atomic E-state index is -0.456. The summed E-state index contributed by atoms with van der Waals surface area (Å²) in [6.45, 7) is 3.16. The Morgan fingerprint density at radius 3 is 2.88 bits per heavy atom. The topological polar surface area (TPSA) is 73.6 Å². The number of nitrogens with zero attached hydrogens (tertiary/aromatic N) is 3. The van der Waals surface area contributed by atoms with Crippen LogP contribution in [0.1, 0.15) is 41.6 Å². The van der Waals surface area contributed by atoms with E-state index in [1.807, 2.05) is 4.90 Å². The smallest absolute Gasteiger partial charge is 0.255 e. The van der Waals surface area contributed by atoms with Gasteiger partial charge in [-0.2, -0.15) is 5.26 Å². The number of methoxy groups -OCH3 is 1. The molecule has 6 heteroatoms. The number of nitriles is 1. The molecular formula is C20H25N3O3. The van der Waals surface area contributed by atoms with Crippen molar-refractivity contribution in [3.63, 3.8) is 0 Å². The number of likely N-dealkylation sites (tertiary alicyclic amines) is 2. The van der Waals surface area contributed by atoms with Crippen molar-refractivity contribution in [3.05, 3.63) is 35.4 Å². The molecule has 0 radical (unpaired) electrons. The van der Waals surface area contributed by atoms with E-state index in [1.165, 1.54) is 0 Å². The molecule has 0 aromatic heterocycles. The summed E-state index contributed by atoms with van der Waals surface area (Å²) < 4.78 is 5.09. The Morgan fingerprint density at radius 2 is 2.12 bits per heavy atom. The molecule has 1 atom stereocenters. The standard InChI is InChI=1S/C20H25N3O3/c1-26-13-5-11-22-10-4-8-20(19(22)25)9-12-23(15-20)18(24)17-7-3-2-6-16(17)14-21/h2-3,6-7H,4-5,8-13,15H2,1H3. The molecule has 6 nitrogen and oxygen atoms in total. The van der Waals surface area contributed by atoms with Gasteiger partial charge < -0.3 is 14.5 Å². The molecular weight excluding hydrogens is 330 g/mol. The number of amides is 2. The van der Waals surface area contributed by atoms with Gasteiger partial charge in [-0.25, -0.2) is 0 Å². The van der Waals surface area contributed by atoms with Crippen molar-refractivity contribution in [2.24, 2.45) is 5.41 Å². The average molecular weight is 355 g/mol. The Labute approximate surface area is 154 Å². The van der Waals surface area contributed by atoms with E-state index in [1.54, 1.807) is 36.3 Å². The van der Waals surface area contributed by atoms with Crippen LogP contribution in [-0.4, -0.2) is 61.5 Å². The fourth-order valence-corrected chi connectivity index (χ4v) is 4.13. The van der Waals surface area contributed by atoms with Crippen molar-refractivity contribution < 1.29 is 14.3 Å². The number of rotatable bonds is 5. The fraction of sp³-hybridized carbons (Fsp3) is 0.550. The molecule has 1 spiro atoms. The van der Waals surface area contributed by atoms with Gasteiger partial charge in [-0.1, -0.05) is 12.1 Å². The van der Waals surface area contributed by atoms with Crippen LogP contribution in [0.2, 0.25) is 0 Å². The predicted octanol–water partition coefficient (Wildman–Crippen LogP) is 2.05. The summed E-state index contributed by atoms with van der Waals surface area (Å²) in [5, 5.41) is 9.24. The van der Waals surface area contributed by atoms with E-state index in [9.17, 15) is 14.9 Å². The molecule has 1 unspecified atom stereocenters. The summed E-state index contributed by atoms with van der Waals surface area (Å²) in [6.07, 6.45) is 3.33. The SMILES string of the molecule is COCCCN1CCCC2(CCN(C(=O)c3ccccc3C#N)C2)C1=O. The van der Waals surface area contributed by atoms with E-state index < -0.39 is 5.41 Å². The second-order valence-corrected chi connectivity index (χ2v) is 7.16. The molecule has 1 aromatic carbocycles. The molecule has 2 fully saturated rings. The van der Waals surface area contributed by atoms with E-state index >= 15 is 0 Å². The van der Waals surface area contributed by atoms with E-state index in [0.29, 0.717) is 43.8 Å². The monoisotopic (exact) mass is 355 g/mol. The maximum atomic E-state index is 13.1. The third-order valence-corrected chi connectivity index (χ3v) is 5.52. The van der Waals surface area contributed by atoms with Gasteiger partial charge in [-0.05, 0) is 37.8 Å². The van der Waals surface area contributed by atoms with Crippen LogP contribution in [0.5, 0.6) is 0 Å². The molecule has 2 aliphatic heterocycles. The van der Waals surface area contributed by atoms with Crippen LogP contribution in [0.15, 0.2) is 24.3 Å². The number of piperidine rings is 1. The molecule has 1 aromatic rings. The molecule has 2 saturated heterocycles. The van der Waals surface area contributed by atoms with Crippen LogP contribution in [0.25, 0.3) is 0 Å².